The Morgan fingerprint density at radius 1 is 1.14 bits per heavy atom. The smallest absolute Gasteiger partial charge is 0.102 e. The molecule has 0 radical (unpaired) electrons. The Hall–Kier alpha value is -0.860. The van der Waals surface area contributed by atoms with Crippen LogP contribution in [-0.2, 0) is 5.60 Å². The maximum Gasteiger partial charge on any atom is 0.102 e. The van der Waals surface area contributed by atoms with E-state index in [4.69, 9.17) is 0 Å². The van der Waals surface area contributed by atoms with Gasteiger partial charge in [0.15, 0.2) is 0 Å². The molecule has 0 aliphatic carbocycles. The fourth-order valence-electron chi connectivity index (χ4n) is 2.05. The molecule has 2 rings (SSSR count). The lowest BCUT2D eigenvalue weighted by Crippen LogP contribution is -2.36. The average molecular weight is 191 g/mol. The topological polar surface area (TPSA) is 32.3 Å². The van der Waals surface area contributed by atoms with Crippen LogP contribution in [0, 0.1) is 0 Å². The number of rotatable bonds is 1. The Morgan fingerprint density at radius 3 is 2.71 bits per heavy atom. The summed E-state index contributed by atoms with van der Waals surface area (Å²) in [5.41, 5.74) is 0.381. The molecule has 0 bridgehead atoms. The van der Waals surface area contributed by atoms with Crippen LogP contribution in [0.2, 0.25) is 0 Å². The van der Waals surface area contributed by atoms with Crippen LogP contribution in [-0.4, -0.2) is 18.2 Å². The molecular formula is C12H17NO. The summed E-state index contributed by atoms with van der Waals surface area (Å²) in [5, 5.41) is 13.7. The predicted octanol–water partition coefficient (Wildman–Crippen LogP) is 1.65. The van der Waals surface area contributed by atoms with Crippen LogP contribution in [0.4, 0.5) is 0 Å². The summed E-state index contributed by atoms with van der Waals surface area (Å²) in [6, 6.07) is 9.97. The Kier molecular flexibility index (Phi) is 2.85. The van der Waals surface area contributed by atoms with Gasteiger partial charge in [0, 0.05) is 6.54 Å². The van der Waals surface area contributed by atoms with Crippen molar-refractivity contribution in [2.75, 3.05) is 13.1 Å². The highest BCUT2D eigenvalue weighted by molar-refractivity contribution is 5.22. The molecule has 1 heterocycles. The van der Waals surface area contributed by atoms with Crippen molar-refractivity contribution in [3.63, 3.8) is 0 Å². The third kappa shape index (κ3) is 1.97. The van der Waals surface area contributed by atoms with Gasteiger partial charge in [-0.05, 0) is 31.4 Å². The minimum atomic E-state index is -0.655. The molecule has 1 saturated heterocycles. The van der Waals surface area contributed by atoms with E-state index in [0.29, 0.717) is 6.54 Å². The van der Waals surface area contributed by atoms with Crippen LogP contribution < -0.4 is 5.32 Å². The van der Waals surface area contributed by atoms with E-state index in [1.807, 2.05) is 30.3 Å². The van der Waals surface area contributed by atoms with Gasteiger partial charge >= 0.3 is 0 Å². The molecule has 14 heavy (non-hydrogen) atoms. The van der Waals surface area contributed by atoms with Crippen LogP contribution in [0.25, 0.3) is 0 Å². The van der Waals surface area contributed by atoms with Crippen molar-refractivity contribution in [2.45, 2.75) is 24.9 Å². The van der Waals surface area contributed by atoms with Gasteiger partial charge in [-0.15, -0.1) is 0 Å². The lowest BCUT2D eigenvalue weighted by molar-refractivity contribution is 0.0327. The lowest BCUT2D eigenvalue weighted by Gasteiger charge is -2.27. The van der Waals surface area contributed by atoms with E-state index >= 15 is 0 Å². The van der Waals surface area contributed by atoms with Gasteiger partial charge in [0.2, 0.25) is 0 Å². The molecule has 0 saturated carbocycles. The predicted molar refractivity (Wildman–Crippen MR) is 57.1 cm³/mol. The van der Waals surface area contributed by atoms with Gasteiger partial charge in [-0.3, -0.25) is 0 Å². The van der Waals surface area contributed by atoms with E-state index in [9.17, 15) is 5.11 Å². The largest absolute Gasteiger partial charge is 0.384 e. The minimum Gasteiger partial charge on any atom is -0.384 e. The Balaban J connectivity index is 2.21. The lowest BCUT2D eigenvalue weighted by atomic mass is 9.89. The summed E-state index contributed by atoms with van der Waals surface area (Å²) < 4.78 is 0. The van der Waals surface area contributed by atoms with Crippen LogP contribution in [0.15, 0.2) is 30.3 Å². The third-order valence-corrected chi connectivity index (χ3v) is 2.92. The molecule has 76 valence electrons. The molecule has 1 aliphatic heterocycles. The number of aliphatic hydroxyl groups is 1. The van der Waals surface area contributed by atoms with Crippen LogP contribution in [0.3, 0.4) is 0 Å². The van der Waals surface area contributed by atoms with E-state index in [0.717, 1.165) is 31.4 Å². The van der Waals surface area contributed by atoms with Crippen LogP contribution >= 0.6 is 0 Å². The maximum absolute atomic E-state index is 10.5. The molecule has 2 nitrogen and oxygen atoms in total. The summed E-state index contributed by atoms with van der Waals surface area (Å²) >= 11 is 0. The summed E-state index contributed by atoms with van der Waals surface area (Å²) in [6.45, 7) is 1.70. The average Bonchev–Trinajstić information content (AvgIpc) is 2.46. The Morgan fingerprint density at radius 2 is 1.93 bits per heavy atom. The van der Waals surface area contributed by atoms with Crippen molar-refractivity contribution in [3.05, 3.63) is 35.9 Å². The number of nitrogens with one attached hydrogen (secondary N) is 1. The molecule has 0 spiro atoms. The molecule has 0 amide bonds. The first-order valence-electron chi connectivity index (χ1n) is 5.30. The highest BCUT2D eigenvalue weighted by Crippen LogP contribution is 2.27. The standard InChI is InChI=1S/C12H17NO/c14-12(8-4-5-9-13-10-12)11-6-2-1-3-7-11/h1-3,6-7,13-14H,4-5,8-10H2. The molecule has 0 aromatic heterocycles. The number of hydrogen-bond donors (Lipinski definition) is 2. The van der Waals surface area contributed by atoms with Crippen molar-refractivity contribution in [3.8, 4) is 0 Å². The number of hydrogen-bond acceptors (Lipinski definition) is 2. The summed E-state index contributed by atoms with van der Waals surface area (Å²) in [5.74, 6) is 0. The van der Waals surface area contributed by atoms with Crippen LogP contribution in [0.5, 0.6) is 0 Å². The maximum atomic E-state index is 10.5. The van der Waals surface area contributed by atoms with E-state index in [1.165, 1.54) is 0 Å². The highest BCUT2D eigenvalue weighted by Gasteiger charge is 2.29. The Labute approximate surface area is 85.0 Å². The molecule has 2 N–H and O–H groups in total. The summed E-state index contributed by atoms with van der Waals surface area (Å²) in [6.07, 6.45) is 3.12. The quantitative estimate of drug-likeness (QED) is 0.707. The molecular weight excluding hydrogens is 174 g/mol. The van der Waals surface area contributed by atoms with E-state index in [-0.39, 0.29) is 0 Å². The van der Waals surface area contributed by atoms with Gasteiger partial charge in [0.05, 0.1) is 0 Å². The zero-order valence-electron chi connectivity index (χ0n) is 8.37. The van der Waals surface area contributed by atoms with Crippen molar-refractivity contribution in [2.24, 2.45) is 0 Å². The first kappa shape index (κ1) is 9.69. The van der Waals surface area contributed by atoms with Gasteiger partial charge in [0.1, 0.15) is 5.60 Å². The molecule has 1 fully saturated rings. The molecule has 1 aromatic carbocycles. The molecule has 1 aromatic rings. The summed E-state index contributed by atoms with van der Waals surface area (Å²) in [4.78, 5) is 0. The number of benzene rings is 1. The fourth-order valence-corrected chi connectivity index (χ4v) is 2.05. The third-order valence-electron chi connectivity index (χ3n) is 2.92. The first-order valence-corrected chi connectivity index (χ1v) is 5.30. The second-order valence-corrected chi connectivity index (χ2v) is 4.03. The van der Waals surface area contributed by atoms with Gasteiger partial charge < -0.3 is 10.4 Å². The molecule has 1 unspecified atom stereocenters. The van der Waals surface area contributed by atoms with Crippen LogP contribution in [0.1, 0.15) is 24.8 Å². The van der Waals surface area contributed by atoms with Gasteiger partial charge in [-0.2, -0.15) is 0 Å². The SMILES string of the molecule is OC1(c2ccccc2)CCCCNC1. The van der Waals surface area contributed by atoms with E-state index < -0.39 is 5.60 Å². The normalized spacial score (nSPS) is 28.4. The molecule has 1 aliphatic rings. The van der Waals surface area contributed by atoms with Crippen molar-refractivity contribution in [1.82, 2.24) is 5.32 Å². The zero-order chi connectivity index (χ0) is 9.86. The summed E-state index contributed by atoms with van der Waals surface area (Å²) in [7, 11) is 0. The second kappa shape index (κ2) is 4.11. The van der Waals surface area contributed by atoms with Gasteiger partial charge in [-0.1, -0.05) is 30.3 Å². The van der Waals surface area contributed by atoms with Gasteiger partial charge in [0.25, 0.3) is 0 Å². The van der Waals surface area contributed by atoms with Crippen molar-refractivity contribution >= 4 is 0 Å². The van der Waals surface area contributed by atoms with Crippen molar-refractivity contribution < 1.29 is 5.11 Å². The molecule has 1 atom stereocenters. The number of β-amino-alcohol motifs (C(OH)–C–C–N with tert-alkyl or cyclic N) is 1. The monoisotopic (exact) mass is 191 g/mol. The first-order chi connectivity index (χ1) is 6.81. The van der Waals surface area contributed by atoms with Crippen molar-refractivity contribution in [1.29, 1.82) is 0 Å². The highest BCUT2D eigenvalue weighted by atomic mass is 16.3. The zero-order valence-corrected chi connectivity index (χ0v) is 8.37. The second-order valence-electron chi connectivity index (χ2n) is 4.03. The fraction of sp³-hybridized carbons (Fsp3) is 0.500. The van der Waals surface area contributed by atoms with E-state index in [2.05, 4.69) is 5.32 Å². The molecule has 2 heteroatoms. The van der Waals surface area contributed by atoms with Gasteiger partial charge in [-0.25, -0.2) is 0 Å². The minimum absolute atomic E-state index is 0.655. The Bertz CT molecular complexity index is 276. The van der Waals surface area contributed by atoms with E-state index in [1.54, 1.807) is 0 Å².